The lowest BCUT2D eigenvalue weighted by Crippen LogP contribution is -2.11. The predicted molar refractivity (Wildman–Crippen MR) is 266 cm³/mol. The highest BCUT2D eigenvalue weighted by Crippen LogP contribution is 2.47. The Morgan fingerprint density at radius 3 is 1.62 bits per heavy atom. The van der Waals surface area contributed by atoms with Gasteiger partial charge in [-0.05, 0) is 98.8 Å². The van der Waals surface area contributed by atoms with Crippen molar-refractivity contribution in [3.05, 3.63) is 224 Å². The van der Waals surface area contributed by atoms with E-state index < -0.39 is 0 Å². The fourth-order valence-corrected chi connectivity index (χ4v) is 11.4. The number of nitrogens with zero attached hydrogens (tertiary/aromatic N) is 1. The van der Waals surface area contributed by atoms with Crippen LogP contribution in [0.2, 0.25) is 0 Å². The van der Waals surface area contributed by atoms with Crippen LogP contribution in [0.25, 0.3) is 95.6 Å². The van der Waals surface area contributed by atoms with Crippen LogP contribution in [0, 0.1) is 0 Å². The summed E-state index contributed by atoms with van der Waals surface area (Å²) in [6, 6.07) is 82.5. The third-order valence-electron chi connectivity index (χ3n) is 12.1. The van der Waals surface area contributed by atoms with E-state index in [0.29, 0.717) is 0 Å². The van der Waals surface area contributed by atoms with E-state index in [4.69, 9.17) is 0 Å². The lowest BCUT2D eigenvalue weighted by atomic mass is 9.97. The molecule has 1 nitrogen and oxygen atoms in total. The van der Waals surface area contributed by atoms with Crippen molar-refractivity contribution in [2.75, 3.05) is 4.90 Å². The Morgan fingerprint density at radius 1 is 0.279 bits per heavy atom. The summed E-state index contributed by atoms with van der Waals surface area (Å²) in [5.74, 6) is 0. The SMILES string of the molecule is c1cc(-c2ccc(-c3ccc4ccccc4c3)cc2)cc(N(c2ccc(-c3ccc4c(c3)sc3ccccc34)cc2)c2ccccc2-c2cccc3c2sc2ccccc23)c1. The fraction of sp³-hybridized carbons (Fsp3) is 0. The maximum Gasteiger partial charge on any atom is 0.0540 e. The van der Waals surface area contributed by atoms with E-state index in [9.17, 15) is 0 Å². The van der Waals surface area contributed by atoms with Gasteiger partial charge in [0.25, 0.3) is 0 Å². The third kappa shape index (κ3) is 6.29. The Bertz CT molecular complexity index is 3590. The summed E-state index contributed by atoms with van der Waals surface area (Å²) in [6.07, 6.45) is 0. The van der Waals surface area contributed by atoms with E-state index in [1.54, 1.807) is 0 Å². The predicted octanol–water partition coefficient (Wildman–Crippen LogP) is 17.7. The van der Waals surface area contributed by atoms with Gasteiger partial charge in [0.05, 0.1) is 5.69 Å². The smallest absolute Gasteiger partial charge is 0.0540 e. The number of fused-ring (bicyclic) bond motifs is 7. The van der Waals surface area contributed by atoms with Crippen molar-refractivity contribution in [3.8, 4) is 44.5 Å². The second-order valence-corrected chi connectivity index (χ2v) is 17.8. The Kier molecular flexibility index (Phi) is 8.62. The molecule has 0 amide bonds. The molecule has 0 spiro atoms. The summed E-state index contributed by atoms with van der Waals surface area (Å²) in [7, 11) is 0. The maximum absolute atomic E-state index is 2.44. The molecular weight excluding hydrogens is 775 g/mol. The number of hydrogen-bond donors (Lipinski definition) is 0. The van der Waals surface area contributed by atoms with Gasteiger partial charge in [-0.15, -0.1) is 22.7 Å². The fourth-order valence-electron chi connectivity index (χ4n) is 9.04. The van der Waals surface area contributed by atoms with Crippen molar-refractivity contribution in [1.29, 1.82) is 0 Å². The average Bonchev–Trinajstić information content (AvgIpc) is 3.90. The van der Waals surface area contributed by atoms with Crippen molar-refractivity contribution in [1.82, 2.24) is 0 Å². The van der Waals surface area contributed by atoms with Gasteiger partial charge in [0.1, 0.15) is 0 Å². The minimum absolute atomic E-state index is 1.10. The van der Waals surface area contributed by atoms with E-state index in [1.165, 1.54) is 95.6 Å². The molecule has 10 aromatic carbocycles. The van der Waals surface area contributed by atoms with E-state index in [1.807, 2.05) is 22.7 Å². The molecule has 0 fully saturated rings. The molecule has 0 atom stereocenters. The molecule has 0 saturated carbocycles. The Morgan fingerprint density at radius 2 is 0.820 bits per heavy atom. The van der Waals surface area contributed by atoms with Crippen molar-refractivity contribution in [2.24, 2.45) is 0 Å². The first-order chi connectivity index (χ1) is 30.2. The number of para-hydroxylation sites is 1. The van der Waals surface area contributed by atoms with Crippen LogP contribution in [0.1, 0.15) is 0 Å². The second kappa shape index (κ2) is 14.8. The summed E-state index contributed by atoms with van der Waals surface area (Å²) >= 11 is 3.74. The minimum Gasteiger partial charge on any atom is -0.310 e. The van der Waals surface area contributed by atoms with Gasteiger partial charge in [-0.1, -0.05) is 170 Å². The number of benzene rings is 10. The van der Waals surface area contributed by atoms with E-state index in [2.05, 4.69) is 229 Å². The molecule has 12 rings (SSSR count). The molecule has 0 unspecified atom stereocenters. The van der Waals surface area contributed by atoms with Crippen LogP contribution >= 0.6 is 22.7 Å². The molecule has 3 heteroatoms. The molecule has 0 N–H and O–H groups in total. The van der Waals surface area contributed by atoms with Crippen LogP contribution in [0.3, 0.4) is 0 Å². The molecule has 286 valence electrons. The van der Waals surface area contributed by atoms with Crippen LogP contribution in [0.4, 0.5) is 17.1 Å². The number of rotatable bonds is 7. The molecular formula is C58H37NS2. The van der Waals surface area contributed by atoms with Crippen molar-refractivity contribution >= 4 is 90.9 Å². The third-order valence-corrected chi connectivity index (χ3v) is 14.4. The van der Waals surface area contributed by atoms with Crippen LogP contribution in [0.15, 0.2) is 224 Å². The van der Waals surface area contributed by atoms with E-state index >= 15 is 0 Å². The molecule has 0 aliphatic rings. The quantitative estimate of drug-likeness (QED) is 0.155. The van der Waals surface area contributed by atoms with Gasteiger partial charge in [-0.25, -0.2) is 0 Å². The lowest BCUT2D eigenvalue weighted by Gasteiger charge is -2.28. The molecule has 12 aromatic rings. The summed E-state index contributed by atoms with van der Waals surface area (Å²) in [5.41, 5.74) is 13.0. The van der Waals surface area contributed by atoms with Crippen LogP contribution in [0.5, 0.6) is 0 Å². The second-order valence-electron chi connectivity index (χ2n) is 15.7. The molecule has 2 heterocycles. The molecule has 61 heavy (non-hydrogen) atoms. The first-order valence-electron chi connectivity index (χ1n) is 20.7. The van der Waals surface area contributed by atoms with Gasteiger partial charge < -0.3 is 4.90 Å². The van der Waals surface area contributed by atoms with Gasteiger partial charge in [0, 0.05) is 62.8 Å². The highest BCUT2D eigenvalue weighted by molar-refractivity contribution is 7.26. The highest BCUT2D eigenvalue weighted by atomic mass is 32.1. The standard InChI is InChI=1S/C58H37NS2/c1-2-12-42-35-44(28-27-38(42)11-1)40-25-23-39(24-26-40)43-13-9-14-47(36-43)59(46-32-29-41(30-33-46)45-31-34-51-49-16-4-7-21-55(49)60-57(51)37-45)54-20-6-3-15-48(54)52-18-10-19-53-50-17-5-8-22-56(50)61-58(52)53/h1-37H. The van der Waals surface area contributed by atoms with Gasteiger partial charge in [-0.2, -0.15) is 0 Å². The molecule has 2 aromatic heterocycles. The lowest BCUT2D eigenvalue weighted by molar-refractivity contribution is 1.28. The molecule has 0 aliphatic heterocycles. The summed E-state index contributed by atoms with van der Waals surface area (Å²) < 4.78 is 5.26. The monoisotopic (exact) mass is 811 g/mol. The van der Waals surface area contributed by atoms with Gasteiger partial charge in [0.15, 0.2) is 0 Å². The maximum atomic E-state index is 2.44. The Balaban J connectivity index is 0.972. The van der Waals surface area contributed by atoms with Gasteiger partial charge in [0.2, 0.25) is 0 Å². The van der Waals surface area contributed by atoms with Crippen LogP contribution in [-0.4, -0.2) is 0 Å². The zero-order chi connectivity index (χ0) is 40.3. The normalized spacial score (nSPS) is 11.6. The van der Waals surface area contributed by atoms with Crippen molar-refractivity contribution in [3.63, 3.8) is 0 Å². The molecule has 0 bridgehead atoms. The first-order valence-corrected chi connectivity index (χ1v) is 22.4. The topological polar surface area (TPSA) is 3.24 Å². The molecule has 0 aliphatic carbocycles. The van der Waals surface area contributed by atoms with Crippen LogP contribution < -0.4 is 4.90 Å². The molecule has 0 saturated heterocycles. The average molecular weight is 812 g/mol. The van der Waals surface area contributed by atoms with Gasteiger partial charge >= 0.3 is 0 Å². The van der Waals surface area contributed by atoms with Crippen molar-refractivity contribution in [2.45, 2.75) is 0 Å². The zero-order valence-corrected chi connectivity index (χ0v) is 34.8. The zero-order valence-electron chi connectivity index (χ0n) is 33.1. The summed E-state index contributed by atoms with van der Waals surface area (Å²) in [6.45, 7) is 0. The van der Waals surface area contributed by atoms with E-state index in [0.717, 1.165) is 17.1 Å². The summed E-state index contributed by atoms with van der Waals surface area (Å²) in [4.78, 5) is 2.44. The van der Waals surface area contributed by atoms with Crippen molar-refractivity contribution < 1.29 is 0 Å². The molecule has 0 radical (unpaired) electrons. The van der Waals surface area contributed by atoms with Crippen LogP contribution in [-0.2, 0) is 0 Å². The highest BCUT2D eigenvalue weighted by Gasteiger charge is 2.20. The largest absolute Gasteiger partial charge is 0.310 e. The first kappa shape index (κ1) is 35.6. The van der Waals surface area contributed by atoms with Gasteiger partial charge in [-0.3, -0.25) is 0 Å². The minimum atomic E-state index is 1.10. The number of thiophene rings is 2. The summed E-state index contributed by atoms with van der Waals surface area (Å²) in [5, 5.41) is 7.77. The number of hydrogen-bond acceptors (Lipinski definition) is 3. The Labute approximate surface area is 362 Å². The Hall–Kier alpha value is -7.30. The number of anilines is 3. The van der Waals surface area contributed by atoms with E-state index in [-0.39, 0.29) is 0 Å².